The normalized spacial score (nSPS) is 15.6. The third-order valence-corrected chi connectivity index (χ3v) is 5.03. The van der Waals surface area contributed by atoms with Gasteiger partial charge in [-0.15, -0.1) is 0 Å². The molecule has 1 N–H and O–H groups in total. The maximum Gasteiger partial charge on any atom is 0.416 e. The first-order valence-corrected chi connectivity index (χ1v) is 9.64. The smallest absolute Gasteiger partial charge is 0.379 e. The van der Waals surface area contributed by atoms with Gasteiger partial charge in [0.25, 0.3) is 5.91 Å². The van der Waals surface area contributed by atoms with Crippen molar-refractivity contribution in [3.8, 4) is 0 Å². The Hall–Kier alpha value is -2.39. The minimum Gasteiger partial charge on any atom is -0.379 e. The van der Waals surface area contributed by atoms with Gasteiger partial charge in [-0.25, -0.2) is 0 Å². The Balaban J connectivity index is 1.77. The second-order valence-electron chi connectivity index (χ2n) is 6.95. The minimum atomic E-state index is -4.56. The Morgan fingerprint density at radius 2 is 1.97 bits per heavy atom. The SMILES string of the molecule is CCn1cc(C(=O)NCCCN2CCOCC2)c(=O)c2cc(C(F)(F)F)ccc21. The molecule has 0 radical (unpaired) electrons. The van der Waals surface area contributed by atoms with E-state index in [4.69, 9.17) is 4.74 Å². The molecule has 0 aliphatic carbocycles. The number of aromatic nitrogens is 1. The van der Waals surface area contributed by atoms with Crippen LogP contribution in [0.5, 0.6) is 0 Å². The molecule has 0 atom stereocenters. The molecule has 0 unspecified atom stereocenters. The number of carbonyl (C=O) groups is 1. The number of nitrogens with one attached hydrogen (secondary N) is 1. The quantitative estimate of drug-likeness (QED) is 0.742. The fourth-order valence-corrected chi connectivity index (χ4v) is 3.42. The summed E-state index contributed by atoms with van der Waals surface area (Å²) in [7, 11) is 0. The third-order valence-electron chi connectivity index (χ3n) is 5.03. The molecule has 9 heteroatoms. The molecule has 1 aromatic carbocycles. The number of fused-ring (bicyclic) bond motifs is 1. The van der Waals surface area contributed by atoms with E-state index in [9.17, 15) is 22.8 Å². The number of amides is 1. The number of aryl methyl sites for hydroxylation is 1. The highest BCUT2D eigenvalue weighted by atomic mass is 19.4. The van der Waals surface area contributed by atoms with Crippen LogP contribution in [-0.4, -0.2) is 54.8 Å². The van der Waals surface area contributed by atoms with E-state index < -0.39 is 23.1 Å². The molecule has 1 aliphatic rings. The van der Waals surface area contributed by atoms with E-state index in [1.54, 1.807) is 11.5 Å². The zero-order valence-corrected chi connectivity index (χ0v) is 16.2. The second-order valence-corrected chi connectivity index (χ2v) is 6.95. The average Bonchev–Trinajstić information content (AvgIpc) is 2.71. The predicted molar refractivity (Wildman–Crippen MR) is 103 cm³/mol. The van der Waals surface area contributed by atoms with Crippen LogP contribution in [-0.2, 0) is 17.5 Å². The molecule has 1 saturated heterocycles. The topological polar surface area (TPSA) is 63.6 Å². The van der Waals surface area contributed by atoms with Gasteiger partial charge >= 0.3 is 6.18 Å². The molecule has 6 nitrogen and oxygen atoms in total. The molecular weight excluding hydrogens is 387 g/mol. The number of carbonyl (C=O) groups excluding carboxylic acids is 1. The summed E-state index contributed by atoms with van der Waals surface area (Å²) in [4.78, 5) is 27.5. The van der Waals surface area contributed by atoms with Crippen LogP contribution in [0.2, 0.25) is 0 Å². The Bertz CT molecular complexity index is 934. The summed E-state index contributed by atoms with van der Waals surface area (Å²) in [6, 6.07) is 3.03. The number of morpholine rings is 1. The number of rotatable bonds is 6. The number of nitrogens with zero attached hydrogens (tertiary/aromatic N) is 2. The molecule has 0 spiro atoms. The molecule has 2 heterocycles. The summed E-state index contributed by atoms with van der Waals surface area (Å²) in [5, 5.41) is 2.60. The highest BCUT2D eigenvalue weighted by Crippen LogP contribution is 2.30. The Labute approximate surface area is 166 Å². The van der Waals surface area contributed by atoms with Crippen LogP contribution in [0, 0.1) is 0 Å². The maximum absolute atomic E-state index is 13.0. The number of pyridine rings is 1. The van der Waals surface area contributed by atoms with Crippen LogP contribution in [0.1, 0.15) is 29.3 Å². The van der Waals surface area contributed by atoms with Crippen molar-refractivity contribution in [1.29, 1.82) is 0 Å². The Morgan fingerprint density at radius 1 is 1.24 bits per heavy atom. The van der Waals surface area contributed by atoms with Gasteiger partial charge in [0.1, 0.15) is 5.56 Å². The molecule has 1 fully saturated rings. The Kier molecular flexibility index (Phi) is 6.59. The van der Waals surface area contributed by atoms with Crippen LogP contribution >= 0.6 is 0 Å². The molecule has 2 aromatic rings. The standard InChI is InChI=1S/C20H24F3N3O3/c1-2-26-13-16(19(28)24-6-3-7-25-8-10-29-11-9-25)18(27)15-12-14(20(21,22)23)4-5-17(15)26/h4-5,12-13H,2-3,6-11H2,1H3,(H,24,28). The lowest BCUT2D eigenvalue weighted by atomic mass is 10.1. The molecule has 0 bridgehead atoms. The van der Waals surface area contributed by atoms with Crippen LogP contribution in [0.15, 0.2) is 29.2 Å². The second kappa shape index (κ2) is 8.96. The fourth-order valence-electron chi connectivity index (χ4n) is 3.42. The first-order chi connectivity index (χ1) is 13.8. The number of alkyl halides is 3. The third kappa shape index (κ3) is 4.97. The van der Waals surface area contributed by atoms with Crippen molar-refractivity contribution in [3.05, 3.63) is 45.7 Å². The summed E-state index contributed by atoms with van der Waals surface area (Å²) in [5.74, 6) is -0.571. The van der Waals surface area contributed by atoms with Crippen molar-refractivity contribution >= 4 is 16.8 Å². The maximum atomic E-state index is 13.0. The molecule has 1 amide bonds. The summed E-state index contributed by atoms with van der Waals surface area (Å²) in [5.41, 5.74) is -1.38. The number of halogens is 3. The van der Waals surface area contributed by atoms with Crippen LogP contribution in [0.4, 0.5) is 13.2 Å². The van der Waals surface area contributed by atoms with Crippen molar-refractivity contribution in [2.24, 2.45) is 0 Å². The lowest BCUT2D eigenvalue weighted by Crippen LogP contribution is -2.38. The van der Waals surface area contributed by atoms with E-state index in [0.717, 1.165) is 31.8 Å². The van der Waals surface area contributed by atoms with Crippen LogP contribution in [0.3, 0.4) is 0 Å². The van der Waals surface area contributed by atoms with Crippen molar-refractivity contribution in [1.82, 2.24) is 14.8 Å². The number of benzene rings is 1. The van der Waals surface area contributed by atoms with E-state index in [2.05, 4.69) is 10.2 Å². The minimum absolute atomic E-state index is 0.109. The monoisotopic (exact) mass is 411 g/mol. The fraction of sp³-hybridized carbons (Fsp3) is 0.500. The van der Waals surface area contributed by atoms with Gasteiger partial charge in [-0.05, 0) is 38.1 Å². The van der Waals surface area contributed by atoms with Gasteiger partial charge in [0, 0.05) is 37.8 Å². The van der Waals surface area contributed by atoms with Crippen molar-refractivity contribution in [3.63, 3.8) is 0 Å². The zero-order valence-electron chi connectivity index (χ0n) is 16.2. The first-order valence-electron chi connectivity index (χ1n) is 9.64. The van der Waals surface area contributed by atoms with Crippen molar-refractivity contribution < 1.29 is 22.7 Å². The van der Waals surface area contributed by atoms with Gasteiger partial charge < -0.3 is 14.6 Å². The number of hydrogen-bond donors (Lipinski definition) is 1. The van der Waals surface area contributed by atoms with Gasteiger partial charge in [0.15, 0.2) is 0 Å². The predicted octanol–water partition coefficient (Wildman–Crippen LogP) is 2.49. The number of ether oxygens (including phenoxy) is 1. The van der Waals surface area contributed by atoms with Crippen molar-refractivity contribution in [2.45, 2.75) is 26.1 Å². The molecule has 1 aromatic heterocycles. The number of hydrogen-bond acceptors (Lipinski definition) is 4. The lowest BCUT2D eigenvalue weighted by Gasteiger charge is -2.26. The molecule has 0 saturated carbocycles. The van der Waals surface area contributed by atoms with Gasteiger partial charge in [-0.2, -0.15) is 13.2 Å². The Morgan fingerprint density at radius 3 is 2.62 bits per heavy atom. The summed E-state index contributed by atoms with van der Waals surface area (Å²) >= 11 is 0. The summed E-state index contributed by atoms with van der Waals surface area (Å²) < 4.78 is 46.0. The molecular formula is C20H24F3N3O3. The van der Waals surface area contributed by atoms with Gasteiger partial charge in [0.05, 0.1) is 24.3 Å². The average molecular weight is 411 g/mol. The largest absolute Gasteiger partial charge is 0.416 e. The van der Waals surface area contributed by atoms with Gasteiger partial charge in [0.2, 0.25) is 5.43 Å². The van der Waals surface area contributed by atoms with E-state index in [0.29, 0.717) is 38.2 Å². The summed E-state index contributed by atoms with van der Waals surface area (Å²) in [6.45, 7) is 6.48. The highest BCUT2D eigenvalue weighted by Gasteiger charge is 2.31. The summed E-state index contributed by atoms with van der Waals surface area (Å²) in [6.07, 6.45) is -2.44. The lowest BCUT2D eigenvalue weighted by molar-refractivity contribution is -0.137. The molecule has 29 heavy (non-hydrogen) atoms. The van der Waals surface area contributed by atoms with E-state index in [1.165, 1.54) is 12.3 Å². The van der Waals surface area contributed by atoms with Gasteiger partial charge in [-0.3, -0.25) is 14.5 Å². The van der Waals surface area contributed by atoms with E-state index in [-0.39, 0.29) is 10.9 Å². The zero-order chi connectivity index (χ0) is 21.0. The first kappa shape index (κ1) is 21.3. The molecule has 1 aliphatic heterocycles. The highest BCUT2D eigenvalue weighted by molar-refractivity contribution is 5.97. The van der Waals surface area contributed by atoms with Crippen LogP contribution < -0.4 is 10.7 Å². The molecule has 158 valence electrons. The molecule has 3 rings (SSSR count). The van der Waals surface area contributed by atoms with E-state index >= 15 is 0 Å². The van der Waals surface area contributed by atoms with Crippen molar-refractivity contribution in [2.75, 3.05) is 39.4 Å². The van der Waals surface area contributed by atoms with E-state index in [1.807, 2.05) is 0 Å². The van der Waals surface area contributed by atoms with Gasteiger partial charge in [-0.1, -0.05) is 0 Å². The van der Waals surface area contributed by atoms with Crippen LogP contribution in [0.25, 0.3) is 10.9 Å².